The SMILES string of the molecule is CNC(=O)c1cc(Oc2nc(-c3ccc4c(c3)N([C@H]3C[C@@H](N5CCC[C@@H](F)C5)C3)C(=O)C43CCNCC3)cc3ncn(C(C)C)c23)c(F)cc1C. The second-order valence-corrected chi connectivity index (χ2v) is 15.0. The van der Waals surface area contributed by atoms with E-state index in [1.165, 1.54) is 19.2 Å². The van der Waals surface area contributed by atoms with Gasteiger partial charge in [0.25, 0.3) is 5.91 Å². The lowest BCUT2D eigenvalue weighted by Crippen LogP contribution is -2.59. The van der Waals surface area contributed by atoms with Crippen LogP contribution >= 0.6 is 0 Å². The fourth-order valence-electron chi connectivity index (χ4n) is 8.65. The highest BCUT2D eigenvalue weighted by Crippen LogP contribution is 2.51. The quantitative estimate of drug-likeness (QED) is 0.237. The van der Waals surface area contributed by atoms with Crippen LogP contribution in [0.15, 0.2) is 42.7 Å². The number of nitrogens with zero attached hydrogens (tertiary/aromatic N) is 5. The number of ether oxygens (including phenoxy) is 1. The highest BCUT2D eigenvalue weighted by Gasteiger charge is 2.55. The summed E-state index contributed by atoms with van der Waals surface area (Å²) in [6, 6.07) is 11.1. The number of amides is 2. The minimum atomic E-state index is -0.779. The molecule has 2 aromatic carbocycles. The largest absolute Gasteiger partial charge is 0.434 e. The van der Waals surface area contributed by atoms with Crippen LogP contribution in [0.25, 0.3) is 22.3 Å². The summed E-state index contributed by atoms with van der Waals surface area (Å²) in [5.41, 5.74) is 4.75. The van der Waals surface area contributed by atoms with Crippen LogP contribution in [0.5, 0.6) is 11.6 Å². The van der Waals surface area contributed by atoms with Crippen LogP contribution in [0, 0.1) is 12.7 Å². The maximum atomic E-state index is 15.4. The summed E-state index contributed by atoms with van der Waals surface area (Å²) in [6.45, 7) is 8.64. The summed E-state index contributed by atoms with van der Waals surface area (Å²) in [4.78, 5) is 41.0. The smallest absolute Gasteiger partial charge is 0.251 e. The molecular weight excluding hydrogens is 652 g/mol. The van der Waals surface area contributed by atoms with Gasteiger partial charge in [-0.05, 0) is 114 Å². The molecule has 5 heterocycles. The molecule has 2 saturated heterocycles. The van der Waals surface area contributed by atoms with Gasteiger partial charge < -0.3 is 24.8 Å². The summed E-state index contributed by atoms with van der Waals surface area (Å²) >= 11 is 0. The Balaban J connectivity index is 1.19. The Morgan fingerprint density at radius 2 is 1.90 bits per heavy atom. The number of anilines is 1. The molecule has 2 aromatic heterocycles. The van der Waals surface area contributed by atoms with Gasteiger partial charge >= 0.3 is 0 Å². The van der Waals surface area contributed by atoms with Gasteiger partial charge in [0.05, 0.1) is 23.0 Å². The number of carbonyl (C=O) groups excluding carboxylic acids is 2. The van der Waals surface area contributed by atoms with Crippen LogP contribution in [0.2, 0.25) is 0 Å². The molecule has 12 heteroatoms. The van der Waals surface area contributed by atoms with E-state index in [2.05, 4.69) is 32.7 Å². The number of hydrogen-bond donors (Lipinski definition) is 2. The molecule has 1 aliphatic carbocycles. The van der Waals surface area contributed by atoms with Crippen molar-refractivity contribution in [3.63, 3.8) is 0 Å². The third-order valence-electron chi connectivity index (χ3n) is 11.6. The average Bonchev–Trinajstić information content (AvgIpc) is 3.63. The summed E-state index contributed by atoms with van der Waals surface area (Å²) in [7, 11) is 1.53. The van der Waals surface area contributed by atoms with Crippen molar-refractivity contribution in [1.82, 2.24) is 30.1 Å². The predicted octanol–water partition coefficient (Wildman–Crippen LogP) is 6.21. The van der Waals surface area contributed by atoms with Crippen LogP contribution < -0.4 is 20.3 Å². The molecule has 4 aromatic rings. The van der Waals surface area contributed by atoms with Crippen molar-refractivity contribution in [1.29, 1.82) is 0 Å². The molecule has 10 nitrogen and oxygen atoms in total. The number of pyridine rings is 1. The molecule has 3 aliphatic heterocycles. The number of benzene rings is 2. The van der Waals surface area contributed by atoms with Gasteiger partial charge in [-0.25, -0.2) is 18.7 Å². The van der Waals surface area contributed by atoms with Crippen molar-refractivity contribution < 1.29 is 23.1 Å². The lowest BCUT2D eigenvalue weighted by Gasteiger charge is -2.48. The number of rotatable bonds is 7. The molecule has 2 amide bonds. The molecule has 2 N–H and O–H groups in total. The van der Waals surface area contributed by atoms with Crippen LogP contribution in [0.4, 0.5) is 14.5 Å². The number of alkyl halides is 1. The van der Waals surface area contributed by atoms with Crippen LogP contribution in [0.3, 0.4) is 0 Å². The second kappa shape index (κ2) is 13.0. The lowest BCUT2D eigenvalue weighted by molar-refractivity contribution is -0.125. The average molecular weight is 698 g/mol. The molecule has 1 atom stereocenters. The lowest BCUT2D eigenvalue weighted by atomic mass is 9.74. The van der Waals surface area contributed by atoms with E-state index >= 15 is 4.39 Å². The topological polar surface area (TPSA) is 105 Å². The van der Waals surface area contributed by atoms with Gasteiger partial charge in [-0.15, -0.1) is 0 Å². The number of halogens is 2. The van der Waals surface area contributed by atoms with Crippen molar-refractivity contribution in [2.24, 2.45) is 0 Å². The maximum absolute atomic E-state index is 15.4. The Kier molecular flexibility index (Phi) is 8.57. The first-order valence-corrected chi connectivity index (χ1v) is 18.2. The second-order valence-electron chi connectivity index (χ2n) is 15.0. The van der Waals surface area contributed by atoms with E-state index in [9.17, 15) is 14.0 Å². The first-order valence-electron chi connectivity index (χ1n) is 18.2. The summed E-state index contributed by atoms with van der Waals surface area (Å²) in [5.74, 6) is -0.753. The van der Waals surface area contributed by atoms with Crippen molar-refractivity contribution in [3.05, 3.63) is 65.2 Å². The number of fused-ring (bicyclic) bond motifs is 3. The summed E-state index contributed by atoms with van der Waals surface area (Å²) in [5, 5.41) is 6.03. The fraction of sp³-hybridized carbons (Fsp3) is 0.487. The minimum Gasteiger partial charge on any atom is -0.434 e. The van der Waals surface area contributed by atoms with Crippen molar-refractivity contribution in [2.75, 3.05) is 38.1 Å². The normalized spacial score (nSPS) is 23.2. The molecule has 0 radical (unpaired) electrons. The minimum absolute atomic E-state index is 0.0158. The van der Waals surface area contributed by atoms with Gasteiger partial charge in [-0.2, -0.15) is 0 Å². The van der Waals surface area contributed by atoms with Gasteiger partial charge in [0.1, 0.15) is 11.7 Å². The number of carbonyl (C=O) groups is 2. The Bertz CT molecular complexity index is 2020. The van der Waals surface area contributed by atoms with E-state index in [1.807, 2.05) is 35.4 Å². The molecule has 51 heavy (non-hydrogen) atoms. The molecule has 268 valence electrons. The number of piperidine rings is 2. The number of aryl methyl sites for hydroxylation is 1. The highest BCUT2D eigenvalue weighted by molar-refractivity contribution is 6.09. The Labute approximate surface area is 296 Å². The first kappa shape index (κ1) is 33.7. The molecule has 1 spiro atoms. The summed E-state index contributed by atoms with van der Waals surface area (Å²) < 4.78 is 37.9. The van der Waals surface area contributed by atoms with E-state index in [4.69, 9.17) is 9.72 Å². The fourth-order valence-corrected chi connectivity index (χ4v) is 8.65. The Morgan fingerprint density at radius 1 is 1.12 bits per heavy atom. The molecule has 8 rings (SSSR count). The van der Waals surface area contributed by atoms with Crippen LogP contribution in [-0.4, -0.2) is 82.7 Å². The van der Waals surface area contributed by atoms with Gasteiger partial charge in [0.15, 0.2) is 11.6 Å². The summed E-state index contributed by atoms with van der Waals surface area (Å²) in [6.07, 6.45) is 5.56. The van der Waals surface area contributed by atoms with Gasteiger partial charge in [-0.3, -0.25) is 14.5 Å². The zero-order valence-electron chi connectivity index (χ0n) is 29.6. The van der Waals surface area contributed by atoms with Crippen molar-refractivity contribution >= 4 is 28.5 Å². The monoisotopic (exact) mass is 697 g/mol. The van der Waals surface area contributed by atoms with Gasteiger partial charge in [-0.1, -0.05) is 12.1 Å². The van der Waals surface area contributed by atoms with Crippen molar-refractivity contribution in [3.8, 4) is 22.9 Å². The maximum Gasteiger partial charge on any atom is 0.251 e. The van der Waals surface area contributed by atoms with Crippen molar-refractivity contribution in [2.45, 2.75) is 89.0 Å². The molecule has 0 bridgehead atoms. The standard InChI is InChI=1S/C39H45F2N7O3/c1-22(2)47-21-44-32-19-31(45-37(35(32)47)51-34-18-28(36(49)42-4)23(3)14-30(34)41)24-7-8-29-33(15-24)48(38(50)39(29)9-11-43-12-10-39)27-16-26(17-27)46-13-5-6-25(40)20-46/h7-8,14-15,18-19,21-22,25-27,43H,5-6,9-13,16-17,20H2,1-4H3,(H,42,49)/t25-,26-,27+/m1/s1. The van der Waals surface area contributed by atoms with E-state index < -0.39 is 17.4 Å². The molecule has 1 saturated carbocycles. The molecule has 4 aliphatic rings. The molecule has 3 fully saturated rings. The third-order valence-corrected chi connectivity index (χ3v) is 11.6. The van der Waals surface area contributed by atoms with E-state index in [-0.39, 0.29) is 41.6 Å². The predicted molar refractivity (Wildman–Crippen MR) is 192 cm³/mol. The Morgan fingerprint density at radius 3 is 2.63 bits per heavy atom. The van der Waals surface area contributed by atoms with E-state index in [1.54, 1.807) is 13.3 Å². The molecule has 0 unspecified atom stereocenters. The van der Waals surface area contributed by atoms with E-state index in [0.29, 0.717) is 40.8 Å². The van der Waals surface area contributed by atoms with Crippen LogP contribution in [0.1, 0.15) is 79.9 Å². The number of hydrogen-bond acceptors (Lipinski definition) is 7. The zero-order valence-corrected chi connectivity index (χ0v) is 29.6. The third kappa shape index (κ3) is 5.67. The first-order chi connectivity index (χ1) is 24.6. The Hall–Kier alpha value is -4.42. The number of nitrogens with one attached hydrogen (secondary N) is 2. The van der Waals surface area contributed by atoms with Gasteiger partial charge in [0, 0.05) is 48.5 Å². The van der Waals surface area contributed by atoms with Crippen LogP contribution in [-0.2, 0) is 10.2 Å². The number of aromatic nitrogens is 3. The zero-order chi connectivity index (χ0) is 35.6. The molecular formula is C39H45F2N7O3. The number of likely N-dealkylation sites (tertiary alicyclic amines) is 1. The van der Waals surface area contributed by atoms with Gasteiger partial charge in [0.2, 0.25) is 11.8 Å². The highest BCUT2D eigenvalue weighted by atomic mass is 19.1. The number of imidazole rings is 1. The van der Waals surface area contributed by atoms with E-state index in [0.717, 1.165) is 68.6 Å².